The van der Waals surface area contributed by atoms with Crippen LogP contribution < -0.4 is 11.3 Å². The number of nitrogens with one attached hydrogen (secondary N) is 1. The topological polar surface area (TPSA) is 99.0 Å². The number of hydrogen-bond donors (Lipinski definition) is 2. The normalized spacial score (nSPS) is 10.3. The fourth-order valence-corrected chi connectivity index (χ4v) is 1.90. The average Bonchev–Trinajstić information content (AvgIpc) is 2.74. The number of nitro groups is 1. The van der Waals surface area contributed by atoms with E-state index in [4.69, 9.17) is 5.84 Å². The van der Waals surface area contributed by atoms with Gasteiger partial charge in [-0.15, -0.1) is 0 Å². The molecule has 0 fully saturated rings. The summed E-state index contributed by atoms with van der Waals surface area (Å²) in [5.41, 5.74) is 3.42. The van der Waals surface area contributed by atoms with Crippen LogP contribution in [0.3, 0.4) is 0 Å². The Bertz CT molecular complexity index is 583. The van der Waals surface area contributed by atoms with Crippen molar-refractivity contribution in [3.8, 4) is 0 Å². The number of nitrogens with zero attached hydrogens (tertiary/aromatic N) is 3. The summed E-state index contributed by atoms with van der Waals surface area (Å²) in [5, 5.41) is 14.8. The number of nitro benzene ring substituents is 1. The van der Waals surface area contributed by atoms with Gasteiger partial charge in [0.25, 0.3) is 5.69 Å². The molecule has 0 aliphatic rings. The Morgan fingerprint density at radius 2 is 2.33 bits per heavy atom. The van der Waals surface area contributed by atoms with E-state index >= 15 is 0 Å². The van der Waals surface area contributed by atoms with E-state index in [0.29, 0.717) is 6.54 Å². The summed E-state index contributed by atoms with van der Waals surface area (Å²) >= 11 is 3.30. The zero-order chi connectivity index (χ0) is 13.1. The van der Waals surface area contributed by atoms with Crippen molar-refractivity contribution in [2.45, 2.75) is 6.54 Å². The van der Waals surface area contributed by atoms with Gasteiger partial charge in [0, 0.05) is 12.3 Å². The van der Waals surface area contributed by atoms with Crippen LogP contribution in [0.25, 0.3) is 0 Å². The molecule has 8 heteroatoms. The first-order chi connectivity index (χ1) is 8.60. The molecule has 2 aromatic rings. The Kier molecular flexibility index (Phi) is 3.58. The molecule has 0 unspecified atom stereocenters. The van der Waals surface area contributed by atoms with Crippen LogP contribution in [0.5, 0.6) is 0 Å². The third-order valence-electron chi connectivity index (χ3n) is 2.36. The predicted molar refractivity (Wildman–Crippen MR) is 69.9 cm³/mol. The number of nitrogens with two attached hydrogens (primary N) is 1. The maximum atomic E-state index is 10.7. The van der Waals surface area contributed by atoms with Crippen molar-refractivity contribution in [1.29, 1.82) is 0 Å². The molecule has 94 valence electrons. The van der Waals surface area contributed by atoms with Gasteiger partial charge in [-0.1, -0.05) is 6.07 Å². The molecule has 1 aromatic heterocycles. The second-order valence-corrected chi connectivity index (χ2v) is 4.52. The number of aromatic nitrogens is 2. The average molecular weight is 312 g/mol. The number of nitrogen functional groups attached to an aromatic ring is 1. The highest BCUT2D eigenvalue weighted by atomic mass is 79.9. The minimum atomic E-state index is -0.483. The largest absolute Gasteiger partial charge is 0.318 e. The van der Waals surface area contributed by atoms with Gasteiger partial charge in [-0.05, 0) is 27.6 Å². The third kappa shape index (κ3) is 2.66. The van der Waals surface area contributed by atoms with Crippen molar-refractivity contribution >= 4 is 27.3 Å². The Hall–Kier alpha value is -1.93. The summed E-state index contributed by atoms with van der Waals surface area (Å²) in [6, 6.07) is 4.73. The van der Waals surface area contributed by atoms with Gasteiger partial charge < -0.3 is 5.43 Å². The number of anilines is 1. The number of halogens is 1. The second-order valence-electron chi connectivity index (χ2n) is 3.61. The van der Waals surface area contributed by atoms with Crippen LogP contribution in [-0.2, 0) is 6.54 Å². The van der Waals surface area contributed by atoms with E-state index in [9.17, 15) is 10.1 Å². The molecule has 0 saturated heterocycles. The smallest absolute Gasteiger partial charge is 0.293 e. The van der Waals surface area contributed by atoms with Gasteiger partial charge in [0.15, 0.2) is 0 Å². The number of benzene rings is 1. The molecule has 0 spiro atoms. The number of hydrogen-bond acceptors (Lipinski definition) is 5. The Morgan fingerprint density at radius 3 is 2.89 bits per heavy atom. The van der Waals surface area contributed by atoms with Crippen LogP contribution >= 0.6 is 15.9 Å². The maximum Gasteiger partial charge on any atom is 0.293 e. The third-order valence-corrected chi connectivity index (χ3v) is 2.77. The van der Waals surface area contributed by atoms with Crippen LogP contribution in [0.1, 0.15) is 5.56 Å². The monoisotopic (exact) mass is 311 g/mol. The van der Waals surface area contributed by atoms with Crippen LogP contribution in [-0.4, -0.2) is 14.7 Å². The highest BCUT2D eigenvalue weighted by Gasteiger charge is 2.13. The first-order valence-electron chi connectivity index (χ1n) is 5.02. The van der Waals surface area contributed by atoms with Gasteiger partial charge in [-0.3, -0.25) is 20.6 Å². The molecule has 0 radical (unpaired) electrons. The molecular weight excluding hydrogens is 302 g/mol. The lowest BCUT2D eigenvalue weighted by molar-refractivity contribution is -0.384. The zero-order valence-electron chi connectivity index (χ0n) is 9.21. The van der Waals surface area contributed by atoms with Crippen LogP contribution in [0.15, 0.2) is 35.1 Å². The number of hydrazine groups is 1. The molecule has 3 N–H and O–H groups in total. The summed E-state index contributed by atoms with van der Waals surface area (Å²) in [5.74, 6) is 5.27. The summed E-state index contributed by atoms with van der Waals surface area (Å²) in [6.07, 6.45) is 3.49. The Labute approximate surface area is 111 Å². The van der Waals surface area contributed by atoms with Crippen molar-refractivity contribution in [2.75, 3.05) is 5.43 Å². The van der Waals surface area contributed by atoms with E-state index in [1.807, 2.05) is 6.20 Å². The fourth-order valence-electron chi connectivity index (χ4n) is 1.57. The molecule has 1 aromatic carbocycles. The quantitative estimate of drug-likeness (QED) is 0.510. The Morgan fingerprint density at radius 1 is 1.56 bits per heavy atom. The summed E-state index contributed by atoms with van der Waals surface area (Å²) in [4.78, 5) is 10.3. The molecule has 0 bridgehead atoms. The minimum Gasteiger partial charge on any atom is -0.318 e. The molecule has 0 atom stereocenters. The SMILES string of the molecule is NNc1cc(Cn2cc(Br)cn2)ccc1[N+](=O)[O-]. The summed E-state index contributed by atoms with van der Waals surface area (Å²) in [6.45, 7) is 0.512. The first-order valence-corrected chi connectivity index (χ1v) is 5.81. The minimum absolute atomic E-state index is 0.0529. The standard InChI is InChI=1S/C10H10BrN5O2/c11-8-4-13-15(6-8)5-7-1-2-10(16(17)18)9(3-7)14-12/h1-4,6,14H,5,12H2. The van der Waals surface area contributed by atoms with Gasteiger partial charge >= 0.3 is 0 Å². The van der Waals surface area contributed by atoms with Gasteiger partial charge in [-0.25, -0.2) is 0 Å². The zero-order valence-corrected chi connectivity index (χ0v) is 10.8. The molecule has 0 saturated carbocycles. The Balaban J connectivity index is 2.27. The molecule has 0 amide bonds. The van der Waals surface area contributed by atoms with Gasteiger partial charge in [0.2, 0.25) is 0 Å². The highest BCUT2D eigenvalue weighted by Crippen LogP contribution is 2.24. The van der Waals surface area contributed by atoms with E-state index in [0.717, 1.165) is 10.0 Å². The maximum absolute atomic E-state index is 10.7. The second kappa shape index (κ2) is 5.15. The summed E-state index contributed by atoms with van der Waals surface area (Å²) < 4.78 is 2.59. The van der Waals surface area contributed by atoms with Crippen molar-refractivity contribution in [3.05, 3.63) is 50.7 Å². The molecule has 18 heavy (non-hydrogen) atoms. The van der Waals surface area contributed by atoms with Crippen LogP contribution in [0.4, 0.5) is 11.4 Å². The van der Waals surface area contributed by atoms with E-state index in [1.165, 1.54) is 6.07 Å². The van der Waals surface area contributed by atoms with Crippen LogP contribution in [0, 0.1) is 10.1 Å². The summed E-state index contributed by atoms with van der Waals surface area (Å²) in [7, 11) is 0. The lowest BCUT2D eigenvalue weighted by Gasteiger charge is -2.06. The van der Waals surface area contributed by atoms with E-state index in [2.05, 4.69) is 26.5 Å². The van der Waals surface area contributed by atoms with Crippen molar-refractivity contribution < 1.29 is 4.92 Å². The van der Waals surface area contributed by atoms with Crippen molar-refractivity contribution in [1.82, 2.24) is 9.78 Å². The van der Waals surface area contributed by atoms with Gasteiger partial charge in [0.1, 0.15) is 5.69 Å². The van der Waals surface area contributed by atoms with Gasteiger partial charge in [-0.2, -0.15) is 5.10 Å². The lowest BCUT2D eigenvalue weighted by Crippen LogP contribution is -2.10. The fraction of sp³-hybridized carbons (Fsp3) is 0.100. The molecule has 2 rings (SSSR count). The lowest BCUT2D eigenvalue weighted by atomic mass is 10.1. The molecule has 0 aliphatic carbocycles. The molecule has 7 nitrogen and oxygen atoms in total. The van der Waals surface area contributed by atoms with E-state index in [-0.39, 0.29) is 11.4 Å². The molecular formula is C10H10BrN5O2. The van der Waals surface area contributed by atoms with E-state index in [1.54, 1.807) is 23.0 Å². The van der Waals surface area contributed by atoms with Crippen molar-refractivity contribution in [3.63, 3.8) is 0 Å². The van der Waals surface area contributed by atoms with E-state index < -0.39 is 4.92 Å². The highest BCUT2D eigenvalue weighted by molar-refractivity contribution is 9.10. The number of rotatable bonds is 4. The predicted octanol–water partition coefficient (Wildman–Crippen LogP) is 1.89. The van der Waals surface area contributed by atoms with Gasteiger partial charge in [0.05, 0.1) is 22.1 Å². The van der Waals surface area contributed by atoms with Crippen LogP contribution in [0.2, 0.25) is 0 Å². The molecule has 0 aliphatic heterocycles. The molecule has 1 heterocycles. The van der Waals surface area contributed by atoms with Crippen molar-refractivity contribution in [2.24, 2.45) is 5.84 Å². The first kappa shape index (κ1) is 12.5.